The summed E-state index contributed by atoms with van der Waals surface area (Å²) >= 11 is 0.987. The molecule has 3 radical (unpaired) electrons. The van der Waals surface area contributed by atoms with E-state index in [1.54, 1.807) is 24.3 Å². The van der Waals surface area contributed by atoms with E-state index in [9.17, 15) is 14.4 Å². The molecule has 1 heterocycles. The predicted molar refractivity (Wildman–Crippen MR) is 131 cm³/mol. The Bertz CT molecular complexity index is 835. The summed E-state index contributed by atoms with van der Waals surface area (Å²) in [5.41, 5.74) is -0.135. The van der Waals surface area contributed by atoms with Gasteiger partial charge in [-0.15, -0.1) is 0 Å². The minimum atomic E-state index is -1.25. The summed E-state index contributed by atoms with van der Waals surface area (Å²) in [6.07, 6.45) is 8.82. The maximum Gasteiger partial charge on any atom is 0.509 e. The normalized spacial score (nSPS) is 33.4. The van der Waals surface area contributed by atoms with Gasteiger partial charge in [0.05, 0.1) is 30.0 Å². The van der Waals surface area contributed by atoms with E-state index in [-0.39, 0.29) is 136 Å². The number of aliphatic hydroxyl groups is 3. The maximum absolute atomic E-state index is 11.7. The molecule has 1 saturated heterocycles. The molecule has 0 unspecified atom stereocenters. The van der Waals surface area contributed by atoms with E-state index in [1.807, 2.05) is 0 Å². The summed E-state index contributed by atoms with van der Waals surface area (Å²) < 4.78 is 27.5. The number of carbonyl (C=O) groups excluding carboxylic acids is 3. The van der Waals surface area contributed by atoms with E-state index < -0.39 is 24.5 Å². The molecule has 0 bridgehead atoms. The van der Waals surface area contributed by atoms with E-state index in [1.165, 1.54) is 0 Å². The Labute approximate surface area is 301 Å². The minimum absolute atomic E-state index is 0. The zero-order valence-corrected chi connectivity index (χ0v) is 31.5. The molecule has 4 aliphatic carbocycles. The minimum Gasteiger partial charge on any atom is -0.431 e. The Morgan fingerprint density at radius 3 is 2.13 bits per heavy atom. The van der Waals surface area contributed by atoms with E-state index in [4.69, 9.17) is 35.0 Å². The number of ether oxygens (including phenoxy) is 3. The predicted octanol–water partition coefficient (Wildman–Crippen LogP) is 1.37. The van der Waals surface area contributed by atoms with Gasteiger partial charge in [0.1, 0.15) is 6.10 Å². The first-order valence-corrected chi connectivity index (χ1v) is 13.0. The van der Waals surface area contributed by atoms with Crippen molar-refractivity contribution in [1.82, 2.24) is 0 Å². The summed E-state index contributed by atoms with van der Waals surface area (Å²) in [6, 6.07) is 0. The fourth-order valence-corrected chi connectivity index (χ4v) is 5.07. The van der Waals surface area contributed by atoms with Crippen LogP contribution >= 0.6 is 11.9 Å². The first-order valence-electron chi connectivity index (χ1n) is 12.8. The Balaban J connectivity index is 0.000000336. The van der Waals surface area contributed by atoms with Crippen molar-refractivity contribution in [3.8, 4) is 0 Å². The molecule has 0 amide bonds. The Morgan fingerprint density at radius 1 is 1.00 bits per heavy atom. The van der Waals surface area contributed by atoms with Gasteiger partial charge in [-0.25, -0.2) is 4.79 Å². The van der Waals surface area contributed by atoms with Crippen LogP contribution in [0, 0.1) is 88.1 Å². The van der Waals surface area contributed by atoms with Crippen molar-refractivity contribution >= 4 is 36.7 Å². The quantitative estimate of drug-likeness (QED) is 0.121. The van der Waals surface area contributed by atoms with Gasteiger partial charge in [-0.3, -0.25) is 9.59 Å². The van der Waals surface area contributed by atoms with Crippen LogP contribution in [-0.4, -0.2) is 90.3 Å². The molecule has 205 valence electrons. The van der Waals surface area contributed by atoms with Crippen LogP contribution in [0.3, 0.4) is 0 Å². The van der Waals surface area contributed by atoms with Crippen LogP contribution in [0.5, 0.6) is 0 Å². The smallest absolute Gasteiger partial charge is 0.431 e. The summed E-state index contributed by atoms with van der Waals surface area (Å²) in [5.74, 6) is -0.678. The molecular weight excluding hydrogens is 945 g/mol. The number of aliphatic hydroxyl groups excluding tert-OH is 3. The topological polar surface area (TPSA) is 149 Å². The molecule has 3 fully saturated rings. The molecule has 5 aliphatic rings. The largest absolute Gasteiger partial charge is 0.509 e. The Kier molecular flexibility index (Phi) is 17.4. The number of Topliss-reactive ketones (excluding diaryl/α,β-unsaturated/α-hetero) is 2. The molecule has 1 aliphatic heterocycles. The molecule has 10 nitrogen and oxygen atoms in total. The average Bonchev–Trinajstić information content (AvgIpc) is 3.69. The van der Waals surface area contributed by atoms with Gasteiger partial charge in [0, 0.05) is 127 Å². The van der Waals surface area contributed by atoms with Crippen LogP contribution in [-0.2, 0) is 28.0 Å². The molecule has 2 saturated carbocycles. The van der Waals surface area contributed by atoms with Gasteiger partial charge >= 0.3 is 6.16 Å². The van der Waals surface area contributed by atoms with Crippen LogP contribution < -0.4 is 0 Å². The van der Waals surface area contributed by atoms with Crippen molar-refractivity contribution in [3.63, 3.8) is 0 Å². The van der Waals surface area contributed by atoms with Crippen LogP contribution in [0.25, 0.3) is 0 Å². The van der Waals surface area contributed by atoms with E-state index >= 15 is 0 Å². The second-order valence-corrected chi connectivity index (χ2v) is 9.86. The van der Waals surface area contributed by atoms with Gasteiger partial charge in [-0.2, -0.15) is 0 Å². The zero-order valence-electron chi connectivity index (χ0n) is 22.2. The fraction of sp³-hybridized carbons (Fsp3) is 0.708. The second-order valence-electron chi connectivity index (χ2n) is 9.47. The van der Waals surface area contributed by atoms with Gasteiger partial charge in [0.25, 0.3) is 0 Å². The summed E-state index contributed by atoms with van der Waals surface area (Å²) in [7, 11) is 1.12. The first-order chi connectivity index (χ1) is 17.7. The Hall–Kier alpha value is 1.19. The van der Waals surface area contributed by atoms with Crippen LogP contribution in [0.2, 0.25) is 0 Å². The summed E-state index contributed by atoms with van der Waals surface area (Å²) in [4.78, 5) is 34.4. The fourth-order valence-electron chi connectivity index (χ4n) is 4.79. The number of rotatable bonds is 5. The first kappa shape index (κ1) is 35.4. The average molecular weight is 981 g/mol. The molecule has 0 aromatic heterocycles. The second kappa shape index (κ2) is 18.7. The van der Waals surface area contributed by atoms with E-state index in [0.29, 0.717) is 19.3 Å². The molecule has 38 heavy (non-hydrogen) atoms. The van der Waals surface area contributed by atoms with Crippen molar-refractivity contribution in [2.75, 3.05) is 6.61 Å². The third-order valence-electron chi connectivity index (χ3n) is 6.63. The van der Waals surface area contributed by atoms with Crippen molar-refractivity contribution in [2.45, 2.75) is 100 Å². The number of ketones is 2. The van der Waals surface area contributed by atoms with Gasteiger partial charge < -0.3 is 33.7 Å². The number of hydrogen-bond acceptors (Lipinski definition) is 11. The van der Waals surface area contributed by atoms with Gasteiger partial charge in [0.15, 0.2) is 11.6 Å². The van der Waals surface area contributed by atoms with Crippen LogP contribution in [0.1, 0.15) is 57.8 Å². The maximum atomic E-state index is 11.7. The van der Waals surface area contributed by atoms with Crippen LogP contribution in [0.15, 0.2) is 24.3 Å². The molecule has 14 heteroatoms. The zero-order chi connectivity index (χ0) is 26.8. The summed E-state index contributed by atoms with van der Waals surface area (Å²) in [5, 5.41) is 26.3. The third kappa shape index (κ3) is 12.2. The molecule has 0 aromatic rings. The molecule has 0 aromatic carbocycles. The van der Waals surface area contributed by atoms with E-state index in [0.717, 1.165) is 51.3 Å². The van der Waals surface area contributed by atoms with Gasteiger partial charge in [-0.05, 0) is 27.0 Å². The van der Waals surface area contributed by atoms with Crippen LogP contribution in [0.4, 0.5) is 4.79 Å². The number of carbonyl (C=O) groups is 3. The van der Waals surface area contributed by atoms with Crippen molar-refractivity contribution in [2.24, 2.45) is 0 Å². The molecular formula is C24H34Ac2BO10S. The van der Waals surface area contributed by atoms with E-state index in [2.05, 4.69) is 0 Å². The van der Waals surface area contributed by atoms with Crippen molar-refractivity contribution < 1.29 is 136 Å². The molecule has 5 rings (SSSR count). The van der Waals surface area contributed by atoms with Gasteiger partial charge in [0.2, 0.25) is 13.2 Å². The number of hydrogen-bond donors (Lipinski definition) is 3. The molecule has 6 atom stereocenters. The molecule has 1 spiro atoms. The molecule has 3 N–H and O–H groups in total. The SMILES string of the molecule is O=C(OC1C(=O)CCC1=O)O[C@@H]1CC[C@@]2(CCCO2)C1.O[C@@H]1C=C[C@H](O)C1.[3H][B]SO[C@H]1C=C[C@@H](O)C1.[Ac].[Ac]. The standard InChI is InChI=1S/C14H18O6.C5H8BO2S.C5H8O2.2Ac/c15-10-2-3-11(16)12(10)20-13(17)19-9-4-6-14(8-9)5-1-7-18-14;6-9-8-5-2-1-4(7)3-5;6-4-1-2-5(7)3-4;;/h9,12H,1-8H2;1-2,4-7H,3H2;1-2,4-7H,3H2;;/t9-,14+;2*4-,5+;;/m11.../s1/i;6T;;;. The third-order valence-corrected chi connectivity index (χ3v) is 6.98. The van der Waals surface area contributed by atoms with Crippen molar-refractivity contribution in [3.05, 3.63) is 24.3 Å². The summed E-state index contributed by atoms with van der Waals surface area (Å²) in [6.45, 7) is 0.766. The monoisotopic (exact) mass is 981 g/mol. The Morgan fingerprint density at radius 2 is 1.63 bits per heavy atom. The van der Waals surface area contributed by atoms with Crippen molar-refractivity contribution in [1.29, 1.82) is 1.34 Å². The van der Waals surface area contributed by atoms with Gasteiger partial charge in [-0.1, -0.05) is 36.2 Å².